The molecule has 0 spiro atoms. The Morgan fingerprint density at radius 2 is 2.18 bits per heavy atom. The number of nitriles is 1. The van der Waals surface area contributed by atoms with E-state index in [1.54, 1.807) is 35.6 Å². The first-order chi connectivity index (χ1) is 13.5. The number of rotatable bonds is 4. The molecule has 4 aromatic rings. The molecule has 0 unspecified atom stereocenters. The Kier molecular flexibility index (Phi) is 4.77. The quantitative estimate of drug-likeness (QED) is 0.555. The van der Waals surface area contributed by atoms with Crippen molar-refractivity contribution in [3.8, 4) is 16.5 Å². The molecule has 0 saturated carbocycles. The van der Waals surface area contributed by atoms with Gasteiger partial charge in [-0.05, 0) is 37.3 Å². The number of benzene rings is 1. The molecular formula is C20H14N4O2S2. The Labute approximate surface area is 168 Å². The van der Waals surface area contributed by atoms with Crippen molar-refractivity contribution in [2.75, 3.05) is 5.32 Å². The standard InChI is InChI=1S/C20H14N4O2S2/c1-12-5-6-16(28-12)15-10-27-19-18(15)20(26)24(11-22-19)9-17(25)23-14-4-2-3-13(7-14)8-21/h2-7,10-11H,9H2,1H3,(H,23,25). The van der Waals surface area contributed by atoms with Crippen molar-refractivity contribution in [1.29, 1.82) is 5.26 Å². The van der Waals surface area contributed by atoms with Gasteiger partial charge in [0.25, 0.3) is 5.56 Å². The minimum absolute atomic E-state index is 0.155. The van der Waals surface area contributed by atoms with E-state index in [4.69, 9.17) is 5.26 Å². The predicted molar refractivity (Wildman–Crippen MR) is 112 cm³/mol. The Morgan fingerprint density at radius 3 is 2.93 bits per heavy atom. The minimum atomic E-state index is -0.359. The van der Waals surface area contributed by atoms with E-state index in [9.17, 15) is 9.59 Å². The third-order valence-electron chi connectivity index (χ3n) is 4.16. The first-order valence-electron chi connectivity index (χ1n) is 8.38. The van der Waals surface area contributed by atoms with Gasteiger partial charge < -0.3 is 5.32 Å². The van der Waals surface area contributed by atoms with Gasteiger partial charge in [0.05, 0.1) is 23.3 Å². The zero-order chi connectivity index (χ0) is 19.7. The molecule has 0 bridgehead atoms. The first-order valence-corrected chi connectivity index (χ1v) is 10.1. The zero-order valence-electron chi connectivity index (χ0n) is 14.8. The molecule has 1 N–H and O–H groups in total. The van der Waals surface area contributed by atoms with Crippen LogP contribution in [0.25, 0.3) is 20.7 Å². The number of carbonyl (C=O) groups is 1. The molecule has 28 heavy (non-hydrogen) atoms. The number of aromatic nitrogens is 2. The Morgan fingerprint density at radius 1 is 1.32 bits per heavy atom. The topological polar surface area (TPSA) is 87.8 Å². The molecule has 3 heterocycles. The lowest BCUT2D eigenvalue weighted by molar-refractivity contribution is -0.116. The minimum Gasteiger partial charge on any atom is -0.324 e. The van der Waals surface area contributed by atoms with Crippen molar-refractivity contribution in [3.05, 3.63) is 68.9 Å². The molecule has 1 amide bonds. The van der Waals surface area contributed by atoms with Crippen LogP contribution in [0.2, 0.25) is 0 Å². The maximum atomic E-state index is 13.0. The second-order valence-electron chi connectivity index (χ2n) is 6.16. The number of aryl methyl sites for hydroxylation is 1. The van der Waals surface area contributed by atoms with E-state index in [0.29, 0.717) is 21.5 Å². The summed E-state index contributed by atoms with van der Waals surface area (Å²) in [6.07, 6.45) is 1.40. The van der Waals surface area contributed by atoms with Crippen LogP contribution in [-0.4, -0.2) is 15.5 Å². The van der Waals surface area contributed by atoms with E-state index in [-0.39, 0.29) is 18.0 Å². The molecule has 4 rings (SSSR count). The summed E-state index contributed by atoms with van der Waals surface area (Å²) in [5.41, 5.74) is 1.57. The van der Waals surface area contributed by atoms with Gasteiger partial charge >= 0.3 is 0 Å². The lowest BCUT2D eigenvalue weighted by atomic mass is 10.2. The number of nitrogens with one attached hydrogen (secondary N) is 1. The van der Waals surface area contributed by atoms with Crippen molar-refractivity contribution in [2.45, 2.75) is 13.5 Å². The highest BCUT2D eigenvalue weighted by Gasteiger charge is 2.15. The van der Waals surface area contributed by atoms with Crippen LogP contribution in [0.5, 0.6) is 0 Å². The molecule has 0 atom stereocenters. The summed E-state index contributed by atoms with van der Waals surface area (Å²) in [7, 11) is 0. The van der Waals surface area contributed by atoms with Crippen LogP contribution in [0, 0.1) is 18.3 Å². The second kappa shape index (κ2) is 7.38. The molecule has 0 fully saturated rings. The lowest BCUT2D eigenvalue weighted by Crippen LogP contribution is -2.27. The third-order valence-corrected chi connectivity index (χ3v) is 6.08. The highest BCUT2D eigenvalue weighted by Crippen LogP contribution is 2.34. The second-order valence-corrected chi connectivity index (χ2v) is 8.30. The largest absolute Gasteiger partial charge is 0.324 e. The summed E-state index contributed by atoms with van der Waals surface area (Å²) >= 11 is 3.04. The fraction of sp³-hybridized carbons (Fsp3) is 0.100. The maximum Gasteiger partial charge on any atom is 0.263 e. The average molecular weight is 406 g/mol. The number of hydrogen-bond acceptors (Lipinski definition) is 6. The van der Waals surface area contributed by atoms with Crippen molar-refractivity contribution < 1.29 is 4.79 Å². The SMILES string of the molecule is Cc1ccc(-c2csc3ncn(CC(=O)Nc4cccc(C#N)c4)c(=O)c23)s1. The molecule has 0 aliphatic heterocycles. The van der Waals surface area contributed by atoms with E-state index < -0.39 is 0 Å². The molecular weight excluding hydrogens is 392 g/mol. The van der Waals surface area contributed by atoms with Gasteiger partial charge in [-0.15, -0.1) is 22.7 Å². The van der Waals surface area contributed by atoms with Gasteiger partial charge in [0.2, 0.25) is 5.91 Å². The number of hydrogen-bond donors (Lipinski definition) is 1. The molecule has 6 nitrogen and oxygen atoms in total. The fourth-order valence-electron chi connectivity index (χ4n) is 2.86. The van der Waals surface area contributed by atoms with Crippen molar-refractivity contribution >= 4 is 44.5 Å². The molecule has 0 aliphatic rings. The molecule has 0 radical (unpaired) electrons. The van der Waals surface area contributed by atoms with Gasteiger partial charge in [-0.1, -0.05) is 6.07 Å². The van der Waals surface area contributed by atoms with Crippen molar-refractivity contribution in [1.82, 2.24) is 9.55 Å². The maximum absolute atomic E-state index is 13.0. The Balaban J connectivity index is 1.64. The number of amides is 1. The Hall–Kier alpha value is -3.28. The highest BCUT2D eigenvalue weighted by molar-refractivity contribution is 7.19. The summed E-state index contributed by atoms with van der Waals surface area (Å²) < 4.78 is 1.31. The fourth-order valence-corrected chi connectivity index (χ4v) is 4.72. The summed E-state index contributed by atoms with van der Waals surface area (Å²) in [6.45, 7) is 1.86. The van der Waals surface area contributed by atoms with E-state index >= 15 is 0 Å². The molecule has 0 aliphatic carbocycles. The van der Waals surface area contributed by atoms with Crippen LogP contribution in [0.15, 0.2) is 52.9 Å². The normalized spacial score (nSPS) is 10.7. The molecule has 138 valence electrons. The van der Waals surface area contributed by atoms with Gasteiger partial charge in [0.15, 0.2) is 0 Å². The van der Waals surface area contributed by atoms with E-state index in [1.807, 2.05) is 30.5 Å². The van der Waals surface area contributed by atoms with Gasteiger partial charge in [-0.25, -0.2) is 4.98 Å². The number of nitrogens with zero attached hydrogens (tertiary/aromatic N) is 3. The molecule has 0 saturated heterocycles. The Bertz CT molecular complexity index is 1290. The summed E-state index contributed by atoms with van der Waals surface area (Å²) in [6, 6.07) is 12.7. The first kappa shape index (κ1) is 18.1. The van der Waals surface area contributed by atoms with Gasteiger partial charge in [-0.3, -0.25) is 14.2 Å². The van der Waals surface area contributed by atoms with Crippen LogP contribution in [-0.2, 0) is 11.3 Å². The number of carbonyl (C=O) groups excluding carboxylic acids is 1. The summed E-state index contributed by atoms with van der Waals surface area (Å²) in [5.74, 6) is -0.359. The van der Waals surface area contributed by atoms with E-state index in [0.717, 1.165) is 15.3 Å². The van der Waals surface area contributed by atoms with Crippen molar-refractivity contribution in [2.24, 2.45) is 0 Å². The van der Waals surface area contributed by atoms with Crippen LogP contribution in [0.4, 0.5) is 5.69 Å². The summed E-state index contributed by atoms with van der Waals surface area (Å²) in [4.78, 5) is 32.6. The zero-order valence-corrected chi connectivity index (χ0v) is 16.4. The van der Waals surface area contributed by atoms with Crippen LogP contribution < -0.4 is 10.9 Å². The van der Waals surface area contributed by atoms with Gasteiger partial charge in [-0.2, -0.15) is 5.26 Å². The molecule has 1 aromatic carbocycles. The molecule has 3 aromatic heterocycles. The van der Waals surface area contributed by atoms with Crippen LogP contribution >= 0.6 is 22.7 Å². The number of fused-ring (bicyclic) bond motifs is 1. The van der Waals surface area contributed by atoms with Crippen molar-refractivity contribution in [3.63, 3.8) is 0 Å². The van der Waals surface area contributed by atoms with E-state index in [1.165, 1.54) is 22.2 Å². The molecule has 8 heteroatoms. The summed E-state index contributed by atoms with van der Waals surface area (Å²) in [5, 5.41) is 14.1. The smallest absolute Gasteiger partial charge is 0.263 e. The monoisotopic (exact) mass is 406 g/mol. The van der Waals surface area contributed by atoms with Crippen LogP contribution in [0.1, 0.15) is 10.4 Å². The highest BCUT2D eigenvalue weighted by atomic mass is 32.1. The predicted octanol–water partition coefficient (Wildman–Crippen LogP) is 4.01. The van der Waals surface area contributed by atoms with Crippen LogP contribution in [0.3, 0.4) is 0 Å². The van der Waals surface area contributed by atoms with Gasteiger partial charge in [0.1, 0.15) is 11.4 Å². The lowest BCUT2D eigenvalue weighted by Gasteiger charge is -2.08. The third kappa shape index (κ3) is 3.45. The number of thiophene rings is 2. The average Bonchev–Trinajstić information content (AvgIpc) is 3.30. The van der Waals surface area contributed by atoms with Gasteiger partial charge in [0, 0.05) is 26.4 Å². The number of anilines is 1. The van der Waals surface area contributed by atoms with E-state index in [2.05, 4.69) is 10.3 Å².